The van der Waals surface area contributed by atoms with E-state index in [-0.39, 0.29) is 5.91 Å². The predicted octanol–water partition coefficient (Wildman–Crippen LogP) is -0.0536. The quantitative estimate of drug-likeness (QED) is 0.688. The second-order valence-corrected chi connectivity index (χ2v) is 2.86. The molecular formula is C8H13N3O2. The molecule has 1 unspecified atom stereocenters. The van der Waals surface area contributed by atoms with Gasteiger partial charge in [-0.2, -0.15) is 0 Å². The summed E-state index contributed by atoms with van der Waals surface area (Å²) >= 11 is 0. The van der Waals surface area contributed by atoms with Crippen molar-refractivity contribution in [3.8, 4) is 0 Å². The van der Waals surface area contributed by atoms with Crippen molar-refractivity contribution in [1.82, 2.24) is 10.3 Å². The van der Waals surface area contributed by atoms with Crippen molar-refractivity contribution < 1.29 is 9.21 Å². The van der Waals surface area contributed by atoms with Crippen molar-refractivity contribution in [1.29, 1.82) is 0 Å². The fraction of sp³-hybridized carbons (Fsp3) is 0.500. The molecule has 0 aliphatic rings. The third-order valence-electron chi connectivity index (χ3n) is 1.69. The maximum Gasteiger partial charge on any atom is 0.236 e. The lowest BCUT2D eigenvalue weighted by atomic mass is 10.3. The first-order valence-corrected chi connectivity index (χ1v) is 4.03. The zero-order valence-electron chi connectivity index (χ0n) is 7.70. The second-order valence-electron chi connectivity index (χ2n) is 2.86. The molecule has 1 amide bonds. The minimum absolute atomic E-state index is 0.192. The first-order valence-electron chi connectivity index (χ1n) is 4.03. The molecule has 0 fully saturated rings. The van der Waals surface area contributed by atoms with Crippen LogP contribution in [0.5, 0.6) is 0 Å². The van der Waals surface area contributed by atoms with Gasteiger partial charge in [-0.3, -0.25) is 4.79 Å². The summed E-state index contributed by atoms with van der Waals surface area (Å²) in [5, 5.41) is 2.64. The SMILES string of the molecule is Cc1ocnc1CNC(=O)C(C)N. The first-order chi connectivity index (χ1) is 6.11. The van der Waals surface area contributed by atoms with Crippen LogP contribution in [0.4, 0.5) is 0 Å². The van der Waals surface area contributed by atoms with Crippen LogP contribution in [0.3, 0.4) is 0 Å². The van der Waals surface area contributed by atoms with Gasteiger partial charge < -0.3 is 15.5 Å². The van der Waals surface area contributed by atoms with Crippen LogP contribution < -0.4 is 11.1 Å². The fourth-order valence-electron chi connectivity index (χ4n) is 0.830. The van der Waals surface area contributed by atoms with Gasteiger partial charge in [-0.15, -0.1) is 0 Å². The highest BCUT2D eigenvalue weighted by molar-refractivity contribution is 5.80. The molecule has 0 saturated carbocycles. The lowest BCUT2D eigenvalue weighted by Gasteiger charge is -2.05. The molecular weight excluding hydrogens is 170 g/mol. The number of hydrogen-bond acceptors (Lipinski definition) is 4. The average molecular weight is 183 g/mol. The summed E-state index contributed by atoms with van der Waals surface area (Å²) in [6.45, 7) is 3.79. The number of aromatic nitrogens is 1. The molecule has 0 spiro atoms. The van der Waals surface area contributed by atoms with Gasteiger partial charge in [0.25, 0.3) is 0 Å². The van der Waals surface area contributed by atoms with E-state index in [0.717, 1.165) is 5.69 Å². The number of aryl methyl sites for hydroxylation is 1. The molecule has 0 aliphatic heterocycles. The van der Waals surface area contributed by atoms with E-state index in [0.29, 0.717) is 12.3 Å². The summed E-state index contributed by atoms with van der Waals surface area (Å²) in [7, 11) is 0. The van der Waals surface area contributed by atoms with Crippen LogP contribution in [-0.4, -0.2) is 16.9 Å². The molecule has 1 rings (SSSR count). The number of carbonyl (C=O) groups is 1. The van der Waals surface area contributed by atoms with E-state index in [1.165, 1.54) is 6.39 Å². The van der Waals surface area contributed by atoms with Crippen molar-refractivity contribution in [3.63, 3.8) is 0 Å². The normalized spacial score (nSPS) is 12.5. The molecule has 1 aromatic rings. The second kappa shape index (κ2) is 4.04. The molecule has 1 aromatic heterocycles. The summed E-state index contributed by atoms with van der Waals surface area (Å²) in [5.41, 5.74) is 6.09. The van der Waals surface area contributed by atoms with Gasteiger partial charge in [-0.05, 0) is 13.8 Å². The van der Waals surface area contributed by atoms with Crippen molar-refractivity contribution in [3.05, 3.63) is 17.8 Å². The maximum atomic E-state index is 11.1. The van der Waals surface area contributed by atoms with Gasteiger partial charge in [0.15, 0.2) is 6.39 Å². The van der Waals surface area contributed by atoms with Crippen LogP contribution in [0.15, 0.2) is 10.8 Å². The van der Waals surface area contributed by atoms with E-state index in [9.17, 15) is 4.79 Å². The maximum absolute atomic E-state index is 11.1. The molecule has 5 nitrogen and oxygen atoms in total. The Morgan fingerprint density at radius 1 is 1.85 bits per heavy atom. The topological polar surface area (TPSA) is 81.2 Å². The Morgan fingerprint density at radius 3 is 3.00 bits per heavy atom. The van der Waals surface area contributed by atoms with Crippen LogP contribution >= 0.6 is 0 Å². The number of hydrogen-bond donors (Lipinski definition) is 2. The molecule has 0 radical (unpaired) electrons. The molecule has 72 valence electrons. The molecule has 1 heterocycles. The van der Waals surface area contributed by atoms with Gasteiger partial charge in [0.1, 0.15) is 11.5 Å². The van der Waals surface area contributed by atoms with Crippen LogP contribution in [0.25, 0.3) is 0 Å². The van der Waals surface area contributed by atoms with E-state index in [2.05, 4.69) is 10.3 Å². The Hall–Kier alpha value is -1.36. The Bertz CT molecular complexity index is 293. The number of nitrogens with two attached hydrogens (primary N) is 1. The van der Waals surface area contributed by atoms with Gasteiger partial charge in [0.2, 0.25) is 5.91 Å². The Kier molecular flexibility index (Phi) is 3.02. The van der Waals surface area contributed by atoms with Crippen LogP contribution in [0.1, 0.15) is 18.4 Å². The highest BCUT2D eigenvalue weighted by Gasteiger charge is 2.08. The Labute approximate surface area is 76.3 Å². The average Bonchev–Trinajstić information content (AvgIpc) is 2.47. The molecule has 5 heteroatoms. The van der Waals surface area contributed by atoms with Gasteiger partial charge in [0, 0.05) is 0 Å². The summed E-state index contributed by atoms with van der Waals surface area (Å²) in [6.07, 6.45) is 1.35. The predicted molar refractivity (Wildman–Crippen MR) is 46.7 cm³/mol. The number of amides is 1. The summed E-state index contributed by atoms with van der Waals surface area (Å²) in [6, 6.07) is -0.493. The molecule has 0 aliphatic carbocycles. The van der Waals surface area contributed by atoms with Crippen LogP contribution in [0, 0.1) is 6.92 Å². The van der Waals surface area contributed by atoms with E-state index in [1.807, 2.05) is 0 Å². The zero-order chi connectivity index (χ0) is 9.84. The van der Waals surface area contributed by atoms with E-state index < -0.39 is 6.04 Å². The Balaban J connectivity index is 2.44. The molecule has 1 atom stereocenters. The van der Waals surface area contributed by atoms with Gasteiger partial charge in [0.05, 0.1) is 12.6 Å². The third-order valence-corrected chi connectivity index (χ3v) is 1.69. The lowest BCUT2D eigenvalue weighted by Crippen LogP contribution is -2.37. The van der Waals surface area contributed by atoms with E-state index >= 15 is 0 Å². The molecule has 13 heavy (non-hydrogen) atoms. The molecule has 3 N–H and O–H groups in total. The molecule has 0 aromatic carbocycles. The van der Waals surface area contributed by atoms with Gasteiger partial charge >= 0.3 is 0 Å². The van der Waals surface area contributed by atoms with E-state index in [4.69, 9.17) is 10.2 Å². The summed E-state index contributed by atoms with van der Waals surface area (Å²) in [5.74, 6) is 0.521. The third kappa shape index (κ3) is 2.55. The van der Waals surface area contributed by atoms with Crippen molar-refractivity contribution in [2.75, 3.05) is 0 Å². The highest BCUT2D eigenvalue weighted by atomic mass is 16.3. The number of oxazole rings is 1. The Morgan fingerprint density at radius 2 is 2.54 bits per heavy atom. The fourth-order valence-corrected chi connectivity index (χ4v) is 0.830. The first kappa shape index (κ1) is 9.73. The minimum atomic E-state index is -0.493. The van der Waals surface area contributed by atoms with Crippen molar-refractivity contribution in [2.45, 2.75) is 26.4 Å². The summed E-state index contributed by atoms with van der Waals surface area (Å²) in [4.78, 5) is 15.0. The van der Waals surface area contributed by atoms with Crippen molar-refractivity contribution in [2.24, 2.45) is 5.73 Å². The largest absolute Gasteiger partial charge is 0.448 e. The number of nitrogens with one attached hydrogen (secondary N) is 1. The summed E-state index contributed by atoms with van der Waals surface area (Å²) < 4.78 is 4.96. The standard InChI is InChI=1S/C8H13N3O2/c1-5(9)8(12)10-3-7-6(2)13-4-11-7/h4-5H,3,9H2,1-2H3,(H,10,12). The zero-order valence-corrected chi connectivity index (χ0v) is 7.70. The number of rotatable bonds is 3. The smallest absolute Gasteiger partial charge is 0.236 e. The van der Waals surface area contributed by atoms with Crippen LogP contribution in [-0.2, 0) is 11.3 Å². The number of nitrogens with zero attached hydrogens (tertiary/aromatic N) is 1. The molecule has 0 bridgehead atoms. The highest BCUT2D eigenvalue weighted by Crippen LogP contribution is 2.03. The van der Waals surface area contributed by atoms with E-state index in [1.54, 1.807) is 13.8 Å². The van der Waals surface area contributed by atoms with Crippen LogP contribution in [0.2, 0.25) is 0 Å². The van der Waals surface area contributed by atoms with Crippen molar-refractivity contribution >= 4 is 5.91 Å². The van der Waals surface area contributed by atoms with Gasteiger partial charge in [-0.1, -0.05) is 0 Å². The lowest BCUT2D eigenvalue weighted by molar-refractivity contribution is -0.122. The number of carbonyl (C=O) groups excluding carboxylic acids is 1. The molecule has 0 saturated heterocycles. The minimum Gasteiger partial charge on any atom is -0.448 e. The monoisotopic (exact) mass is 183 g/mol. The van der Waals surface area contributed by atoms with Gasteiger partial charge in [-0.25, -0.2) is 4.98 Å².